The largest absolute Gasteiger partial charge is 0.366 e. The van der Waals surface area contributed by atoms with Crippen LogP contribution in [0, 0.1) is 0 Å². The third-order valence-corrected chi connectivity index (χ3v) is 0.412. The van der Waals surface area contributed by atoms with Crippen molar-refractivity contribution in [2.75, 3.05) is 0 Å². The molecule has 0 saturated heterocycles. The lowest BCUT2D eigenvalue weighted by Gasteiger charge is -1.76. The van der Waals surface area contributed by atoms with E-state index in [1.165, 1.54) is 0 Å². The molecule has 52 valence electrons. The van der Waals surface area contributed by atoms with E-state index in [4.69, 9.17) is 0 Å². The van der Waals surface area contributed by atoms with Crippen molar-refractivity contribution >= 4 is 24.2 Å². The van der Waals surface area contributed by atoms with Crippen molar-refractivity contribution in [1.29, 1.82) is 0 Å². The van der Waals surface area contributed by atoms with E-state index < -0.39 is 11.8 Å². The standard InChI is InChI=1S/C4H6N2O2.ClH/c5-3(7)1-2-4(6)8;/h1-2H,(H2,5,7)(H2,6,8);1H/b2-1-;. The second-order valence-corrected chi connectivity index (χ2v) is 1.14. The first-order valence-corrected chi connectivity index (χ1v) is 1.90. The van der Waals surface area contributed by atoms with Crippen molar-refractivity contribution in [2.24, 2.45) is 11.5 Å². The maximum absolute atomic E-state index is 9.83. The summed E-state index contributed by atoms with van der Waals surface area (Å²) in [5, 5.41) is 0. The van der Waals surface area contributed by atoms with Crippen LogP contribution < -0.4 is 11.5 Å². The number of primary amides is 2. The number of hydrogen-bond donors (Lipinski definition) is 2. The average Bonchev–Trinajstić information content (AvgIpc) is 1.61. The van der Waals surface area contributed by atoms with E-state index in [0.29, 0.717) is 0 Å². The van der Waals surface area contributed by atoms with Crippen LogP contribution in [0.2, 0.25) is 0 Å². The first kappa shape index (κ1) is 10.9. The van der Waals surface area contributed by atoms with Crippen LogP contribution in [-0.2, 0) is 9.59 Å². The summed E-state index contributed by atoms with van der Waals surface area (Å²) in [7, 11) is 0. The van der Waals surface area contributed by atoms with Crippen LogP contribution in [0.3, 0.4) is 0 Å². The van der Waals surface area contributed by atoms with Crippen LogP contribution >= 0.6 is 12.4 Å². The zero-order chi connectivity index (χ0) is 6.57. The molecule has 0 aromatic heterocycles. The number of hydrogen-bond acceptors (Lipinski definition) is 2. The van der Waals surface area contributed by atoms with E-state index in [1.807, 2.05) is 0 Å². The SMILES string of the molecule is Cl.NC(=O)/C=C\C(N)=O. The van der Waals surface area contributed by atoms with Crippen molar-refractivity contribution < 1.29 is 9.59 Å². The van der Waals surface area contributed by atoms with Crippen LogP contribution in [0.25, 0.3) is 0 Å². The Bertz CT molecular complexity index is 128. The zero-order valence-corrected chi connectivity index (χ0v) is 5.35. The van der Waals surface area contributed by atoms with E-state index >= 15 is 0 Å². The Morgan fingerprint density at radius 1 is 1.00 bits per heavy atom. The first-order valence-electron chi connectivity index (χ1n) is 1.90. The van der Waals surface area contributed by atoms with Gasteiger partial charge in [0.2, 0.25) is 11.8 Å². The molecular formula is C4H7ClN2O2. The van der Waals surface area contributed by atoms with Gasteiger partial charge >= 0.3 is 0 Å². The fourth-order valence-corrected chi connectivity index (χ4v) is 0.164. The fraction of sp³-hybridized carbons (Fsp3) is 0. The molecule has 0 aliphatic heterocycles. The van der Waals surface area contributed by atoms with Crippen molar-refractivity contribution in [3.8, 4) is 0 Å². The molecule has 0 radical (unpaired) electrons. The predicted octanol–water partition coefficient (Wildman–Crippen LogP) is -1.06. The third-order valence-electron chi connectivity index (χ3n) is 0.412. The number of amides is 2. The third kappa shape index (κ3) is 10.9. The lowest BCUT2D eigenvalue weighted by molar-refractivity contribution is -0.115. The van der Waals surface area contributed by atoms with Gasteiger partial charge in [-0.1, -0.05) is 0 Å². The van der Waals surface area contributed by atoms with E-state index in [-0.39, 0.29) is 12.4 Å². The number of carbonyl (C=O) groups is 2. The Labute approximate surface area is 58.3 Å². The highest BCUT2D eigenvalue weighted by Crippen LogP contribution is 1.65. The maximum atomic E-state index is 9.83. The molecule has 4 nitrogen and oxygen atoms in total. The molecule has 2 amide bonds. The molecule has 0 spiro atoms. The van der Waals surface area contributed by atoms with Crippen molar-refractivity contribution in [1.82, 2.24) is 0 Å². The topological polar surface area (TPSA) is 86.2 Å². The average molecular weight is 151 g/mol. The second kappa shape index (κ2) is 5.11. The quantitative estimate of drug-likeness (QED) is 0.492. The number of nitrogens with two attached hydrogens (primary N) is 2. The van der Waals surface area contributed by atoms with E-state index in [2.05, 4.69) is 11.5 Å². The summed E-state index contributed by atoms with van der Waals surface area (Å²) in [6.07, 6.45) is 1.81. The van der Waals surface area contributed by atoms with E-state index in [0.717, 1.165) is 12.2 Å². The first-order chi connectivity index (χ1) is 3.63. The molecule has 0 aliphatic carbocycles. The van der Waals surface area contributed by atoms with Gasteiger partial charge in [-0.25, -0.2) is 0 Å². The highest BCUT2D eigenvalue weighted by atomic mass is 35.5. The van der Waals surface area contributed by atoms with Gasteiger partial charge < -0.3 is 11.5 Å². The molecule has 5 heteroatoms. The molecule has 0 aliphatic rings. The number of halogens is 1. The van der Waals surface area contributed by atoms with Gasteiger partial charge in [-0.3, -0.25) is 9.59 Å². The molecule has 0 bridgehead atoms. The minimum atomic E-state index is -0.677. The van der Waals surface area contributed by atoms with Crippen LogP contribution in [0.5, 0.6) is 0 Å². The molecule has 0 saturated carbocycles. The molecule has 0 rings (SSSR count). The normalized spacial score (nSPS) is 8.44. The van der Waals surface area contributed by atoms with Gasteiger partial charge in [-0.2, -0.15) is 0 Å². The molecule has 0 aromatic carbocycles. The Hall–Kier alpha value is -1.03. The highest BCUT2D eigenvalue weighted by molar-refractivity contribution is 5.95. The van der Waals surface area contributed by atoms with Crippen molar-refractivity contribution in [3.63, 3.8) is 0 Å². The van der Waals surface area contributed by atoms with Gasteiger partial charge in [-0.05, 0) is 0 Å². The lowest BCUT2D eigenvalue weighted by Crippen LogP contribution is -2.10. The van der Waals surface area contributed by atoms with E-state index in [1.54, 1.807) is 0 Å². The van der Waals surface area contributed by atoms with Crippen LogP contribution in [-0.4, -0.2) is 11.8 Å². The molecule has 0 atom stereocenters. The Morgan fingerprint density at radius 3 is 1.33 bits per heavy atom. The van der Waals surface area contributed by atoms with E-state index in [9.17, 15) is 9.59 Å². The van der Waals surface area contributed by atoms with Gasteiger partial charge in [0.15, 0.2) is 0 Å². The smallest absolute Gasteiger partial charge is 0.241 e. The number of carbonyl (C=O) groups excluding carboxylic acids is 2. The second-order valence-electron chi connectivity index (χ2n) is 1.14. The van der Waals surface area contributed by atoms with Gasteiger partial charge in [0, 0.05) is 12.2 Å². The number of rotatable bonds is 2. The Kier molecular flexibility index (Phi) is 6.17. The summed E-state index contributed by atoms with van der Waals surface area (Å²) in [5.41, 5.74) is 9.21. The molecule has 4 N–H and O–H groups in total. The summed E-state index contributed by atoms with van der Waals surface area (Å²) >= 11 is 0. The van der Waals surface area contributed by atoms with Gasteiger partial charge in [0.25, 0.3) is 0 Å². The van der Waals surface area contributed by atoms with Crippen LogP contribution in [0.4, 0.5) is 0 Å². The monoisotopic (exact) mass is 150 g/mol. The summed E-state index contributed by atoms with van der Waals surface area (Å²) < 4.78 is 0. The highest BCUT2D eigenvalue weighted by Gasteiger charge is 1.83. The van der Waals surface area contributed by atoms with Gasteiger partial charge in [0.1, 0.15) is 0 Å². The molecule has 0 aromatic rings. The van der Waals surface area contributed by atoms with Gasteiger partial charge in [-0.15, -0.1) is 12.4 Å². The predicted molar refractivity (Wildman–Crippen MR) is 34.8 cm³/mol. The molecular weight excluding hydrogens is 144 g/mol. The fourth-order valence-electron chi connectivity index (χ4n) is 0.164. The van der Waals surface area contributed by atoms with Crippen LogP contribution in [0.1, 0.15) is 0 Å². The van der Waals surface area contributed by atoms with Crippen molar-refractivity contribution in [2.45, 2.75) is 0 Å². The minimum Gasteiger partial charge on any atom is -0.366 e. The zero-order valence-electron chi connectivity index (χ0n) is 4.53. The maximum Gasteiger partial charge on any atom is 0.241 e. The summed E-state index contributed by atoms with van der Waals surface area (Å²) in [6, 6.07) is 0. The molecule has 9 heavy (non-hydrogen) atoms. The van der Waals surface area contributed by atoms with Crippen LogP contribution in [0.15, 0.2) is 12.2 Å². The lowest BCUT2D eigenvalue weighted by atomic mass is 10.5. The Balaban J connectivity index is 0. The minimum absolute atomic E-state index is 0. The molecule has 0 heterocycles. The Morgan fingerprint density at radius 2 is 1.22 bits per heavy atom. The van der Waals surface area contributed by atoms with Crippen molar-refractivity contribution in [3.05, 3.63) is 12.2 Å². The summed E-state index contributed by atoms with van der Waals surface area (Å²) in [4.78, 5) is 19.7. The summed E-state index contributed by atoms with van der Waals surface area (Å²) in [5.74, 6) is -1.35. The summed E-state index contributed by atoms with van der Waals surface area (Å²) in [6.45, 7) is 0. The van der Waals surface area contributed by atoms with Gasteiger partial charge in [0.05, 0.1) is 0 Å². The molecule has 0 fully saturated rings. The molecule has 0 unspecified atom stereocenters.